The molecular formula is C14H18N4O4. The number of nitrogens with zero attached hydrogens (tertiary/aromatic N) is 4. The molecule has 118 valence electrons. The first-order valence-electron chi connectivity index (χ1n) is 6.80. The molecule has 8 heteroatoms. The molecule has 0 radical (unpaired) electrons. The van der Waals surface area contributed by atoms with E-state index >= 15 is 0 Å². The van der Waals surface area contributed by atoms with E-state index in [-0.39, 0.29) is 12.5 Å². The van der Waals surface area contributed by atoms with Gasteiger partial charge in [0.1, 0.15) is 6.61 Å². The number of carbonyl (C=O) groups is 1. The van der Waals surface area contributed by atoms with E-state index in [1.165, 1.54) is 4.68 Å². The Labute approximate surface area is 127 Å². The third-order valence-corrected chi connectivity index (χ3v) is 3.13. The SMILES string of the molecule is COc1ccccc1OCc1nnnn1C(C(=O)O)C(C)C. The number of methoxy groups -OCH3 is 1. The highest BCUT2D eigenvalue weighted by atomic mass is 16.5. The van der Waals surface area contributed by atoms with Crippen LogP contribution in [0.1, 0.15) is 25.7 Å². The smallest absolute Gasteiger partial charge is 0.328 e. The number of aromatic nitrogens is 4. The van der Waals surface area contributed by atoms with Gasteiger partial charge in [0.25, 0.3) is 0 Å². The Bertz CT molecular complexity index is 641. The summed E-state index contributed by atoms with van der Waals surface area (Å²) < 4.78 is 12.1. The number of benzene rings is 1. The first kappa shape index (κ1) is 15.7. The van der Waals surface area contributed by atoms with Gasteiger partial charge in [0.2, 0.25) is 0 Å². The topological polar surface area (TPSA) is 99.4 Å². The van der Waals surface area contributed by atoms with Gasteiger partial charge in [0, 0.05) is 0 Å². The van der Waals surface area contributed by atoms with Gasteiger partial charge in [-0.25, -0.2) is 9.48 Å². The zero-order chi connectivity index (χ0) is 16.1. The first-order chi connectivity index (χ1) is 10.5. The quantitative estimate of drug-likeness (QED) is 0.828. The van der Waals surface area contributed by atoms with Crippen molar-refractivity contribution in [2.45, 2.75) is 26.5 Å². The van der Waals surface area contributed by atoms with Gasteiger partial charge in [-0.1, -0.05) is 26.0 Å². The van der Waals surface area contributed by atoms with E-state index in [1.54, 1.807) is 33.1 Å². The molecule has 0 aliphatic heterocycles. The van der Waals surface area contributed by atoms with E-state index in [1.807, 2.05) is 12.1 Å². The molecule has 0 aliphatic carbocycles. The summed E-state index contributed by atoms with van der Waals surface area (Å²) in [6, 6.07) is 6.33. The predicted octanol–water partition coefficient (Wildman–Crippen LogP) is 1.54. The van der Waals surface area contributed by atoms with Gasteiger partial charge in [-0.3, -0.25) is 0 Å². The standard InChI is InChI=1S/C14H18N4O4/c1-9(2)13(14(19)20)18-12(15-16-17-18)8-22-11-7-5-4-6-10(11)21-3/h4-7,9,13H,8H2,1-3H3,(H,19,20). The van der Waals surface area contributed by atoms with Crippen LogP contribution in [0.15, 0.2) is 24.3 Å². The van der Waals surface area contributed by atoms with Gasteiger partial charge in [-0.15, -0.1) is 5.10 Å². The Balaban J connectivity index is 2.18. The van der Waals surface area contributed by atoms with Crippen molar-refractivity contribution in [2.75, 3.05) is 7.11 Å². The maximum atomic E-state index is 11.4. The van der Waals surface area contributed by atoms with Crippen molar-refractivity contribution in [3.63, 3.8) is 0 Å². The molecule has 8 nitrogen and oxygen atoms in total. The third kappa shape index (κ3) is 3.33. The second-order valence-corrected chi connectivity index (χ2v) is 5.01. The Morgan fingerprint density at radius 1 is 1.32 bits per heavy atom. The van der Waals surface area contributed by atoms with Crippen molar-refractivity contribution in [1.82, 2.24) is 20.2 Å². The Morgan fingerprint density at radius 2 is 2.00 bits per heavy atom. The fraction of sp³-hybridized carbons (Fsp3) is 0.429. The van der Waals surface area contributed by atoms with Gasteiger partial charge in [-0.2, -0.15) is 0 Å². The molecular weight excluding hydrogens is 288 g/mol. The number of hydrogen-bond donors (Lipinski definition) is 1. The van der Waals surface area contributed by atoms with Crippen LogP contribution in [-0.2, 0) is 11.4 Å². The molecule has 1 heterocycles. The van der Waals surface area contributed by atoms with Crippen LogP contribution in [0, 0.1) is 5.92 Å². The van der Waals surface area contributed by atoms with E-state index in [0.717, 1.165) is 0 Å². The molecule has 1 unspecified atom stereocenters. The van der Waals surface area contributed by atoms with Crippen LogP contribution < -0.4 is 9.47 Å². The minimum atomic E-state index is -0.985. The number of carboxylic acid groups (broad SMARTS) is 1. The Kier molecular flexibility index (Phi) is 4.92. The molecule has 0 bridgehead atoms. The van der Waals surface area contributed by atoms with Crippen LogP contribution in [0.5, 0.6) is 11.5 Å². The van der Waals surface area contributed by atoms with Gasteiger partial charge in [0.15, 0.2) is 23.4 Å². The fourth-order valence-corrected chi connectivity index (χ4v) is 2.08. The molecule has 0 fully saturated rings. The summed E-state index contributed by atoms with van der Waals surface area (Å²) in [5.74, 6) is 0.315. The molecule has 0 amide bonds. The zero-order valence-corrected chi connectivity index (χ0v) is 12.6. The number of tetrazole rings is 1. The summed E-state index contributed by atoms with van der Waals surface area (Å²) in [6.45, 7) is 3.64. The summed E-state index contributed by atoms with van der Waals surface area (Å²) in [4.78, 5) is 11.4. The van der Waals surface area contributed by atoms with Crippen LogP contribution in [0.2, 0.25) is 0 Å². The average Bonchev–Trinajstić information content (AvgIpc) is 2.92. The fourth-order valence-electron chi connectivity index (χ4n) is 2.08. The van der Waals surface area contributed by atoms with Crippen molar-refractivity contribution in [2.24, 2.45) is 5.92 Å². The lowest BCUT2D eigenvalue weighted by Gasteiger charge is -2.17. The molecule has 0 aliphatic rings. The van der Waals surface area contributed by atoms with Crippen LogP contribution >= 0.6 is 0 Å². The number of hydrogen-bond acceptors (Lipinski definition) is 6. The van der Waals surface area contributed by atoms with Crippen molar-refractivity contribution < 1.29 is 19.4 Å². The van der Waals surface area contributed by atoms with Crippen molar-refractivity contribution in [1.29, 1.82) is 0 Å². The molecule has 1 aromatic carbocycles. The molecule has 1 atom stereocenters. The lowest BCUT2D eigenvalue weighted by atomic mass is 10.1. The summed E-state index contributed by atoms with van der Waals surface area (Å²) in [7, 11) is 1.55. The van der Waals surface area contributed by atoms with Crippen LogP contribution in [0.25, 0.3) is 0 Å². The Morgan fingerprint density at radius 3 is 2.59 bits per heavy atom. The number of aliphatic carboxylic acids is 1. The van der Waals surface area contributed by atoms with E-state index in [2.05, 4.69) is 15.5 Å². The number of ether oxygens (including phenoxy) is 2. The summed E-state index contributed by atoms with van der Waals surface area (Å²) in [6.07, 6.45) is 0. The molecule has 2 rings (SSSR count). The van der Waals surface area contributed by atoms with E-state index in [4.69, 9.17) is 9.47 Å². The maximum absolute atomic E-state index is 11.4. The highest BCUT2D eigenvalue weighted by Gasteiger charge is 2.27. The first-order valence-corrected chi connectivity index (χ1v) is 6.80. The normalized spacial score (nSPS) is 12.2. The summed E-state index contributed by atoms with van der Waals surface area (Å²) in [5, 5.41) is 20.5. The Hall–Kier alpha value is -2.64. The molecule has 0 saturated heterocycles. The zero-order valence-electron chi connectivity index (χ0n) is 12.6. The maximum Gasteiger partial charge on any atom is 0.328 e. The van der Waals surface area contributed by atoms with Gasteiger partial charge >= 0.3 is 5.97 Å². The summed E-state index contributed by atoms with van der Waals surface area (Å²) >= 11 is 0. The van der Waals surface area contributed by atoms with Crippen LogP contribution in [-0.4, -0.2) is 38.4 Å². The molecule has 1 aromatic heterocycles. The number of para-hydroxylation sites is 2. The number of carboxylic acids is 1. The van der Waals surface area contributed by atoms with Crippen molar-refractivity contribution in [3.8, 4) is 11.5 Å². The second kappa shape index (κ2) is 6.88. The van der Waals surface area contributed by atoms with Gasteiger partial charge in [-0.05, 0) is 28.5 Å². The average molecular weight is 306 g/mol. The largest absolute Gasteiger partial charge is 0.493 e. The highest BCUT2D eigenvalue weighted by Crippen LogP contribution is 2.27. The lowest BCUT2D eigenvalue weighted by molar-refractivity contribution is -0.142. The summed E-state index contributed by atoms with van der Waals surface area (Å²) in [5.41, 5.74) is 0. The predicted molar refractivity (Wildman–Crippen MR) is 76.7 cm³/mol. The molecule has 1 N–H and O–H groups in total. The highest BCUT2D eigenvalue weighted by molar-refractivity contribution is 5.72. The van der Waals surface area contributed by atoms with Crippen LogP contribution in [0.3, 0.4) is 0 Å². The lowest BCUT2D eigenvalue weighted by Crippen LogP contribution is -2.27. The minimum absolute atomic E-state index is 0.0455. The molecule has 2 aromatic rings. The minimum Gasteiger partial charge on any atom is -0.493 e. The van der Waals surface area contributed by atoms with Gasteiger partial charge in [0.05, 0.1) is 7.11 Å². The van der Waals surface area contributed by atoms with Gasteiger partial charge < -0.3 is 14.6 Å². The van der Waals surface area contributed by atoms with E-state index < -0.39 is 12.0 Å². The van der Waals surface area contributed by atoms with Crippen molar-refractivity contribution >= 4 is 5.97 Å². The van der Waals surface area contributed by atoms with E-state index in [9.17, 15) is 9.90 Å². The molecule has 22 heavy (non-hydrogen) atoms. The van der Waals surface area contributed by atoms with Crippen molar-refractivity contribution in [3.05, 3.63) is 30.1 Å². The molecule has 0 saturated carbocycles. The third-order valence-electron chi connectivity index (χ3n) is 3.13. The molecule has 0 spiro atoms. The van der Waals surface area contributed by atoms with E-state index in [0.29, 0.717) is 17.3 Å². The second-order valence-electron chi connectivity index (χ2n) is 5.01. The number of rotatable bonds is 7. The monoisotopic (exact) mass is 306 g/mol. The van der Waals surface area contributed by atoms with Crippen LogP contribution in [0.4, 0.5) is 0 Å².